The SMILES string of the molecule is NC(=O)[C@@H](NC(=O)c1c2ccccc2cc2ccccc12)C1c2ccccc2-c2ccccc21. The lowest BCUT2D eigenvalue weighted by Gasteiger charge is -2.25. The van der Waals surface area contributed by atoms with Crippen LogP contribution < -0.4 is 11.1 Å². The Labute approximate surface area is 197 Å². The molecular weight excluding hydrogens is 420 g/mol. The molecule has 0 aliphatic heterocycles. The fraction of sp³-hybridized carbons (Fsp3) is 0.0667. The van der Waals surface area contributed by atoms with Crippen molar-refractivity contribution in [2.75, 3.05) is 0 Å². The highest BCUT2D eigenvalue weighted by atomic mass is 16.2. The number of carbonyl (C=O) groups is 2. The van der Waals surface area contributed by atoms with Crippen molar-refractivity contribution < 1.29 is 9.59 Å². The molecule has 6 rings (SSSR count). The molecule has 4 nitrogen and oxygen atoms in total. The van der Waals surface area contributed by atoms with Crippen molar-refractivity contribution in [2.45, 2.75) is 12.0 Å². The van der Waals surface area contributed by atoms with E-state index >= 15 is 0 Å². The molecule has 0 bridgehead atoms. The fourth-order valence-electron chi connectivity index (χ4n) is 5.34. The normalized spacial score (nSPS) is 13.4. The summed E-state index contributed by atoms with van der Waals surface area (Å²) < 4.78 is 0. The second kappa shape index (κ2) is 7.85. The first-order chi connectivity index (χ1) is 16.6. The Kier molecular flexibility index (Phi) is 4.66. The standard InChI is InChI=1S/C30H22N2O2/c31-29(33)28(26-24-15-7-5-13-22(24)23-14-6-8-16-25(23)26)32-30(34)27-20-11-3-1-9-18(20)17-19-10-2-4-12-21(19)27/h1-17,26,28H,(H2,31,33)(H,32,34)/t28-/m0/s1. The first-order valence-corrected chi connectivity index (χ1v) is 11.3. The average molecular weight is 443 g/mol. The summed E-state index contributed by atoms with van der Waals surface area (Å²) in [5, 5.41) is 6.65. The van der Waals surface area contributed by atoms with Gasteiger partial charge >= 0.3 is 0 Å². The van der Waals surface area contributed by atoms with Gasteiger partial charge < -0.3 is 11.1 Å². The fourth-order valence-corrected chi connectivity index (χ4v) is 5.34. The molecule has 0 unspecified atom stereocenters. The summed E-state index contributed by atoms with van der Waals surface area (Å²) in [5.74, 6) is -1.22. The Balaban J connectivity index is 1.49. The molecule has 5 aromatic rings. The zero-order valence-electron chi connectivity index (χ0n) is 18.4. The maximum Gasteiger partial charge on any atom is 0.253 e. The van der Waals surface area contributed by atoms with Gasteiger partial charge in [-0.3, -0.25) is 9.59 Å². The molecule has 0 fully saturated rings. The molecular formula is C30H22N2O2. The topological polar surface area (TPSA) is 72.2 Å². The van der Waals surface area contributed by atoms with Crippen molar-refractivity contribution in [3.63, 3.8) is 0 Å². The third-order valence-corrected chi connectivity index (χ3v) is 6.81. The van der Waals surface area contributed by atoms with Crippen molar-refractivity contribution >= 4 is 33.4 Å². The molecule has 4 heteroatoms. The van der Waals surface area contributed by atoms with Gasteiger partial charge in [0, 0.05) is 5.92 Å². The number of hydrogen-bond donors (Lipinski definition) is 2. The van der Waals surface area contributed by atoms with Gasteiger partial charge in [-0.25, -0.2) is 0 Å². The molecule has 0 heterocycles. The minimum atomic E-state index is -0.893. The van der Waals surface area contributed by atoms with E-state index in [1.807, 2.05) is 97.1 Å². The number of nitrogens with two attached hydrogens (primary N) is 1. The van der Waals surface area contributed by atoms with Gasteiger partial charge in [0.2, 0.25) is 5.91 Å². The third-order valence-electron chi connectivity index (χ3n) is 6.81. The van der Waals surface area contributed by atoms with E-state index in [1.54, 1.807) is 0 Å². The second-order valence-corrected chi connectivity index (χ2v) is 8.70. The first kappa shape index (κ1) is 20.2. The number of benzene rings is 5. The van der Waals surface area contributed by atoms with Crippen molar-refractivity contribution in [1.82, 2.24) is 5.32 Å². The molecule has 3 N–H and O–H groups in total. The van der Waals surface area contributed by atoms with E-state index in [0.29, 0.717) is 5.56 Å². The summed E-state index contributed by atoms with van der Waals surface area (Å²) in [6.07, 6.45) is 0. The molecule has 2 amide bonds. The van der Waals surface area contributed by atoms with E-state index in [4.69, 9.17) is 5.73 Å². The Morgan fingerprint density at radius 2 is 1.15 bits per heavy atom. The Morgan fingerprint density at radius 1 is 0.676 bits per heavy atom. The minimum Gasteiger partial charge on any atom is -0.368 e. The minimum absolute atomic E-state index is 0.307. The van der Waals surface area contributed by atoms with Crippen molar-refractivity contribution in [2.24, 2.45) is 5.73 Å². The van der Waals surface area contributed by atoms with Crippen LogP contribution in [0, 0.1) is 0 Å². The van der Waals surface area contributed by atoms with Crippen LogP contribution in [0.1, 0.15) is 27.4 Å². The van der Waals surface area contributed by atoms with Crippen LogP contribution in [0.2, 0.25) is 0 Å². The molecule has 34 heavy (non-hydrogen) atoms. The quantitative estimate of drug-likeness (QED) is 0.366. The Hall–Kier alpha value is -4.44. The molecule has 164 valence electrons. The number of fused-ring (bicyclic) bond motifs is 5. The van der Waals surface area contributed by atoms with Gasteiger partial charge in [-0.1, -0.05) is 97.1 Å². The molecule has 0 saturated heterocycles. The number of primary amides is 1. The summed E-state index contributed by atoms with van der Waals surface area (Å²) in [7, 11) is 0. The van der Waals surface area contributed by atoms with Crippen LogP contribution in [0.15, 0.2) is 103 Å². The van der Waals surface area contributed by atoms with Crippen molar-refractivity contribution in [3.8, 4) is 11.1 Å². The lowest BCUT2D eigenvalue weighted by atomic mass is 9.88. The summed E-state index contributed by atoms with van der Waals surface area (Å²) in [6.45, 7) is 0. The molecule has 0 radical (unpaired) electrons. The van der Waals surface area contributed by atoms with E-state index < -0.39 is 11.9 Å². The van der Waals surface area contributed by atoms with E-state index in [9.17, 15) is 9.59 Å². The van der Waals surface area contributed by atoms with Gasteiger partial charge in [0.25, 0.3) is 5.91 Å². The number of carbonyl (C=O) groups excluding carboxylic acids is 2. The number of hydrogen-bond acceptors (Lipinski definition) is 2. The molecule has 0 saturated carbocycles. The predicted molar refractivity (Wildman–Crippen MR) is 136 cm³/mol. The molecule has 1 aliphatic carbocycles. The van der Waals surface area contributed by atoms with Gasteiger partial charge in [0.15, 0.2) is 0 Å². The van der Waals surface area contributed by atoms with Crippen molar-refractivity contribution in [1.29, 1.82) is 0 Å². The van der Waals surface area contributed by atoms with Crippen LogP contribution >= 0.6 is 0 Å². The van der Waals surface area contributed by atoms with Crippen LogP contribution in [-0.2, 0) is 4.79 Å². The molecule has 1 aliphatic rings. The highest BCUT2D eigenvalue weighted by molar-refractivity contribution is 6.18. The lowest BCUT2D eigenvalue weighted by Crippen LogP contribution is -2.48. The van der Waals surface area contributed by atoms with E-state index in [1.165, 1.54) is 0 Å². The summed E-state index contributed by atoms with van der Waals surface area (Å²) in [5.41, 5.74) is 10.6. The maximum absolute atomic E-state index is 13.8. The smallest absolute Gasteiger partial charge is 0.253 e. The third kappa shape index (κ3) is 3.07. The van der Waals surface area contributed by atoms with Crippen LogP contribution in [0.4, 0.5) is 0 Å². The molecule has 0 aromatic heterocycles. The average Bonchev–Trinajstić information content (AvgIpc) is 3.19. The highest BCUT2D eigenvalue weighted by Crippen LogP contribution is 2.46. The van der Waals surface area contributed by atoms with E-state index in [2.05, 4.69) is 11.4 Å². The van der Waals surface area contributed by atoms with Crippen LogP contribution in [-0.4, -0.2) is 17.9 Å². The summed E-state index contributed by atoms with van der Waals surface area (Å²) in [6, 6.07) is 32.8. The lowest BCUT2D eigenvalue weighted by molar-refractivity contribution is -0.120. The molecule has 1 atom stereocenters. The zero-order valence-corrected chi connectivity index (χ0v) is 18.4. The molecule has 0 spiro atoms. The Morgan fingerprint density at radius 3 is 1.68 bits per heavy atom. The summed E-state index contributed by atoms with van der Waals surface area (Å²) in [4.78, 5) is 26.7. The molecule has 5 aromatic carbocycles. The second-order valence-electron chi connectivity index (χ2n) is 8.70. The van der Waals surface area contributed by atoms with Gasteiger partial charge in [-0.2, -0.15) is 0 Å². The monoisotopic (exact) mass is 442 g/mol. The van der Waals surface area contributed by atoms with E-state index in [0.717, 1.165) is 43.8 Å². The zero-order chi connectivity index (χ0) is 23.2. The van der Waals surface area contributed by atoms with Gasteiger partial charge in [-0.05, 0) is 49.9 Å². The highest BCUT2D eigenvalue weighted by Gasteiger charge is 2.38. The predicted octanol–water partition coefficient (Wildman–Crippen LogP) is 5.39. The van der Waals surface area contributed by atoms with Crippen LogP contribution in [0.5, 0.6) is 0 Å². The van der Waals surface area contributed by atoms with Crippen LogP contribution in [0.25, 0.3) is 32.7 Å². The van der Waals surface area contributed by atoms with Gasteiger partial charge in [0.05, 0.1) is 5.56 Å². The largest absolute Gasteiger partial charge is 0.368 e. The number of nitrogens with one attached hydrogen (secondary N) is 1. The Bertz CT molecular complexity index is 1510. The van der Waals surface area contributed by atoms with Gasteiger partial charge in [0.1, 0.15) is 6.04 Å². The van der Waals surface area contributed by atoms with Crippen molar-refractivity contribution in [3.05, 3.63) is 120 Å². The van der Waals surface area contributed by atoms with Gasteiger partial charge in [-0.15, -0.1) is 0 Å². The summed E-state index contributed by atoms with van der Waals surface area (Å²) >= 11 is 0. The van der Waals surface area contributed by atoms with Crippen LogP contribution in [0.3, 0.4) is 0 Å². The first-order valence-electron chi connectivity index (χ1n) is 11.3. The maximum atomic E-state index is 13.8. The van der Waals surface area contributed by atoms with E-state index in [-0.39, 0.29) is 11.8 Å². The number of amides is 2. The number of rotatable bonds is 4.